The zero-order valence-corrected chi connectivity index (χ0v) is 14.5. The number of Topliss-reactive ketones (excluding diaryl/α,β-unsaturated/α-hetero) is 1. The zero-order chi connectivity index (χ0) is 18.6. The number of carbonyl (C=O) groups is 3. The number of nitrogens with zero attached hydrogens (tertiary/aromatic N) is 1. The molecule has 0 aliphatic carbocycles. The van der Waals surface area contributed by atoms with Gasteiger partial charge in [-0.05, 0) is 32.0 Å². The largest absolute Gasteiger partial charge is 0.492 e. The minimum Gasteiger partial charge on any atom is -0.492 e. The monoisotopic (exact) mass is 357 g/mol. The van der Waals surface area contributed by atoms with Crippen molar-refractivity contribution in [1.29, 1.82) is 0 Å². The highest BCUT2D eigenvalue weighted by atomic mass is 16.5. The topological polar surface area (TPSA) is 93.1 Å². The number of fused-ring (bicyclic) bond motifs is 5. The maximum atomic E-state index is 13.1. The van der Waals surface area contributed by atoms with E-state index in [1.807, 2.05) is 0 Å². The molecule has 2 fully saturated rings. The molecule has 4 rings (SSSR count). The molecule has 3 heterocycles. The van der Waals surface area contributed by atoms with E-state index in [0.717, 1.165) is 4.90 Å². The number of ether oxygens (including phenoxy) is 2. The van der Waals surface area contributed by atoms with Gasteiger partial charge in [-0.3, -0.25) is 14.4 Å². The number of benzene rings is 1. The normalized spacial score (nSPS) is 31.7. The number of rotatable bonds is 5. The first kappa shape index (κ1) is 16.9. The van der Waals surface area contributed by atoms with E-state index < -0.39 is 35.4 Å². The number of imide groups is 1. The minimum absolute atomic E-state index is 0.175. The number of ketones is 1. The van der Waals surface area contributed by atoms with Gasteiger partial charge in [0.2, 0.25) is 11.8 Å². The summed E-state index contributed by atoms with van der Waals surface area (Å²) in [6.07, 6.45) is 2.87. The Labute approximate surface area is 150 Å². The first-order valence-corrected chi connectivity index (χ1v) is 8.57. The molecule has 0 spiro atoms. The maximum Gasteiger partial charge on any atom is 0.241 e. The van der Waals surface area contributed by atoms with Crippen molar-refractivity contribution in [2.24, 2.45) is 11.8 Å². The van der Waals surface area contributed by atoms with Crippen LogP contribution in [0.1, 0.15) is 24.2 Å². The summed E-state index contributed by atoms with van der Waals surface area (Å²) in [6, 6.07) is 4.70. The lowest BCUT2D eigenvalue weighted by Gasteiger charge is -2.27. The number of hydrogen-bond acceptors (Lipinski definition) is 6. The Kier molecular flexibility index (Phi) is 3.75. The molecule has 1 aromatic carbocycles. The summed E-state index contributed by atoms with van der Waals surface area (Å²) >= 11 is 0. The Hall–Kier alpha value is -2.51. The van der Waals surface area contributed by atoms with Gasteiger partial charge in [-0.15, -0.1) is 0 Å². The lowest BCUT2D eigenvalue weighted by molar-refractivity contribution is -0.128. The van der Waals surface area contributed by atoms with Crippen LogP contribution in [0.4, 0.5) is 5.69 Å². The van der Waals surface area contributed by atoms with E-state index in [4.69, 9.17) is 9.47 Å². The fourth-order valence-electron chi connectivity index (χ4n) is 4.11. The van der Waals surface area contributed by atoms with Crippen molar-refractivity contribution < 1.29 is 29.0 Å². The summed E-state index contributed by atoms with van der Waals surface area (Å²) in [6.45, 7) is 3.19. The van der Waals surface area contributed by atoms with Crippen LogP contribution >= 0.6 is 0 Å². The SMILES string of the molecule is CCOc1ccc(C(C)=O)cc1N1C(=O)[C@H]2[C@H]3C=C[C@@](CO)(O3)[C@H]2C1=O. The number of aliphatic hydroxyl groups is 1. The molecule has 7 nitrogen and oxygen atoms in total. The van der Waals surface area contributed by atoms with Crippen molar-refractivity contribution in [2.75, 3.05) is 18.1 Å². The highest BCUT2D eigenvalue weighted by Gasteiger charge is 2.67. The summed E-state index contributed by atoms with van der Waals surface area (Å²) in [5.41, 5.74) is -0.507. The lowest BCUT2D eigenvalue weighted by Crippen LogP contribution is -2.43. The van der Waals surface area contributed by atoms with Gasteiger partial charge in [-0.2, -0.15) is 0 Å². The van der Waals surface area contributed by atoms with Crippen LogP contribution in [0, 0.1) is 11.8 Å². The predicted molar refractivity (Wildman–Crippen MR) is 90.9 cm³/mol. The van der Waals surface area contributed by atoms with E-state index in [1.165, 1.54) is 13.0 Å². The van der Waals surface area contributed by atoms with Crippen molar-refractivity contribution in [3.63, 3.8) is 0 Å². The van der Waals surface area contributed by atoms with Crippen LogP contribution in [0.3, 0.4) is 0 Å². The molecule has 26 heavy (non-hydrogen) atoms. The van der Waals surface area contributed by atoms with Crippen molar-refractivity contribution in [3.05, 3.63) is 35.9 Å². The van der Waals surface area contributed by atoms with E-state index in [-0.39, 0.29) is 18.1 Å². The molecule has 0 aromatic heterocycles. The van der Waals surface area contributed by atoms with Gasteiger partial charge in [0.1, 0.15) is 11.4 Å². The molecule has 1 aromatic rings. The summed E-state index contributed by atoms with van der Waals surface area (Å²) in [5, 5.41) is 9.78. The van der Waals surface area contributed by atoms with Crippen LogP contribution in [0.2, 0.25) is 0 Å². The minimum atomic E-state index is -1.15. The Morgan fingerprint density at radius 3 is 2.77 bits per heavy atom. The smallest absolute Gasteiger partial charge is 0.241 e. The highest BCUT2D eigenvalue weighted by Crippen LogP contribution is 2.53. The predicted octanol–water partition coefficient (Wildman–Crippen LogP) is 1.09. The maximum absolute atomic E-state index is 13.1. The van der Waals surface area contributed by atoms with E-state index in [0.29, 0.717) is 17.9 Å². The van der Waals surface area contributed by atoms with Crippen LogP contribution in [0.15, 0.2) is 30.4 Å². The van der Waals surface area contributed by atoms with Gasteiger partial charge in [0, 0.05) is 5.56 Å². The lowest BCUT2D eigenvalue weighted by atomic mass is 9.77. The van der Waals surface area contributed by atoms with E-state index in [1.54, 1.807) is 31.2 Å². The third kappa shape index (κ3) is 2.10. The van der Waals surface area contributed by atoms with Gasteiger partial charge in [-0.1, -0.05) is 12.2 Å². The Morgan fingerprint density at radius 2 is 2.12 bits per heavy atom. The van der Waals surface area contributed by atoms with E-state index in [2.05, 4.69) is 0 Å². The summed E-state index contributed by atoms with van der Waals surface area (Å²) in [5.74, 6) is -2.10. The molecule has 136 valence electrons. The third-order valence-corrected chi connectivity index (χ3v) is 5.31. The first-order valence-electron chi connectivity index (χ1n) is 8.57. The zero-order valence-electron chi connectivity index (χ0n) is 14.5. The first-order chi connectivity index (χ1) is 12.4. The van der Waals surface area contributed by atoms with Gasteiger partial charge in [-0.25, -0.2) is 4.90 Å². The molecular weight excluding hydrogens is 338 g/mol. The summed E-state index contributed by atoms with van der Waals surface area (Å²) in [4.78, 5) is 39.0. The fraction of sp³-hybridized carbons (Fsp3) is 0.421. The highest BCUT2D eigenvalue weighted by molar-refractivity contribution is 6.24. The second-order valence-electron chi connectivity index (χ2n) is 6.74. The second-order valence-corrected chi connectivity index (χ2v) is 6.74. The van der Waals surface area contributed by atoms with E-state index in [9.17, 15) is 19.5 Å². The van der Waals surface area contributed by atoms with Crippen LogP contribution < -0.4 is 9.64 Å². The summed E-state index contributed by atoms with van der Waals surface area (Å²) in [7, 11) is 0. The van der Waals surface area contributed by atoms with E-state index >= 15 is 0 Å². The van der Waals surface area contributed by atoms with Crippen LogP contribution in [0.5, 0.6) is 5.75 Å². The van der Waals surface area contributed by atoms with Crippen molar-refractivity contribution >= 4 is 23.3 Å². The molecule has 3 aliphatic rings. The number of aliphatic hydroxyl groups excluding tert-OH is 1. The van der Waals surface area contributed by atoms with Crippen LogP contribution in [-0.2, 0) is 14.3 Å². The fourth-order valence-corrected chi connectivity index (χ4v) is 4.11. The van der Waals surface area contributed by atoms with Crippen molar-refractivity contribution in [2.45, 2.75) is 25.6 Å². The third-order valence-electron chi connectivity index (χ3n) is 5.31. The van der Waals surface area contributed by atoms with Gasteiger partial charge in [0.05, 0.1) is 36.8 Å². The van der Waals surface area contributed by atoms with Gasteiger partial charge >= 0.3 is 0 Å². The number of carbonyl (C=O) groups excluding carboxylic acids is 3. The molecule has 3 aliphatic heterocycles. The van der Waals surface area contributed by atoms with Crippen molar-refractivity contribution in [3.8, 4) is 5.75 Å². The molecule has 2 saturated heterocycles. The number of amides is 2. The molecule has 0 radical (unpaired) electrons. The molecule has 7 heteroatoms. The molecule has 2 bridgehead atoms. The van der Waals surface area contributed by atoms with Gasteiger partial charge in [0.15, 0.2) is 5.78 Å². The van der Waals surface area contributed by atoms with Gasteiger partial charge < -0.3 is 14.6 Å². The summed E-state index contributed by atoms with van der Waals surface area (Å²) < 4.78 is 11.3. The average Bonchev–Trinajstić information content (AvgIpc) is 3.27. The molecule has 0 saturated carbocycles. The van der Waals surface area contributed by atoms with Crippen LogP contribution in [0.25, 0.3) is 0 Å². The molecule has 0 unspecified atom stereocenters. The molecule has 4 atom stereocenters. The Bertz CT molecular complexity index is 846. The standard InChI is InChI=1S/C19H19NO6/c1-3-25-13-5-4-11(10(2)22)8-12(13)20-17(23)15-14-6-7-19(9-21,26-14)16(15)18(20)24/h4-8,14-16,21H,3,9H2,1-2H3/t14-,15+,16-,19+/m1/s1. The van der Waals surface area contributed by atoms with Crippen molar-refractivity contribution in [1.82, 2.24) is 0 Å². The van der Waals surface area contributed by atoms with Gasteiger partial charge in [0.25, 0.3) is 0 Å². The Morgan fingerprint density at radius 1 is 1.35 bits per heavy atom. The van der Waals surface area contributed by atoms with Crippen LogP contribution in [-0.4, -0.2) is 47.6 Å². The Balaban J connectivity index is 1.80. The molecule has 2 amide bonds. The second kappa shape index (κ2) is 5.75. The molecular formula is C19H19NO6. The number of hydrogen-bond donors (Lipinski definition) is 1. The molecule has 1 N–H and O–H groups in total. The quantitative estimate of drug-likeness (QED) is 0.482. The average molecular weight is 357 g/mol. The number of anilines is 1.